The summed E-state index contributed by atoms with van der Waals surface area (Å²) in [5.41, 5.74) is 4.63. The minimum Gasteiger partial charge on any atom is -0.398 e. The van der Waals surface area contributed by atoms with Crippen molar-refractivity contribution in [3.8, 4) is 0 Å². The fraction of sp³-hybridized carbons (Fsp3) is 0.125. The molecule has 0 aliphatic carbocycles. The maximum Gasteiger partial charge on any atom is 0.315 e. The normalized spacial score (nSPS) is 12.2. The number of aromatic nitrogens is 3. The SMILES string of the molecule is Nc1cc(NCSOOO)c(N=Nc2cc(Nc3nc(F)nc(Nc4ccc(S(=O)(=O)CCOSOOO)cc4)n3)ccc2S(=O)(=O)O)cc1S(=O)(=O)O. The molecule has 54 heavy (non-hydrogen) atoms. The van der Waals surface area contributed by atoms with E-state index in [2.05, 4.69) is 59.9 Å². The Labute approximate surface area is 312 Å². The third-order valence-electron chi connectivity index (χ3n) is 6.18. The van der Waals surface area contributed by atoms with E-state index in [1.165, 1.54) is 24.3 Å². The highest BCUT2D eigenvalue weighted by molar-refractivity contribution is 7.94. The molecule has 0 unspecified atom stereocenters. The number of benzene rings is 3. The Hall–Kier alpha value is -4.41. The lowest BCUT2D eigenvalue weighted by molar-refractivity contribution is -0.434. The van der Waals surface area contributed by atoms with Crippen molar-refractivity contribution >= 4 is 100 Å². The summed E-state index contributed by atoms with van der Waals surface area (Å²) >= 11 is 0.750. The van der Waals surface area contributed by atoms with E-state index in [0.29, 0.717) is 12.0 Å². The van der Waals surface area contributed by atoms with Crippen molar-refractivity contribution in [1.29, 1.82) is 0 Å². The van der Waals surface area contributed by atoms with Gasteiger partial charge in [0.05, 0.1) is 46.5 Å². The van der Waals surface area contributed by atoms with Gasteiger partial charge < -0.3 is 21.7 Å². The highest BCUT2D eigenvalue weighted by atomic mass is 32.2. The van der Waals surface area contributed by atoms with Gasteiger partial charge in [-0.05, 0) is 54.6 Å². The molecule has 4 rings (SSSR count). The lowest BCUT2D eigenvalue weighted by Gasteiger charge is -2.12. The summed E-state index contributed by atoms with van der Waals surface area (Å²) < 4.78 is 120. The summed E-state index contributed by atoms with van der Waals surface area (Å²) in [6.07, 6.45) is -1.27. The van der Waals surface area contributed by atoms with Crippen LogP contribution in [0.2, 0.25) is 0 Å². The number of rotatable bonds is 20. The maximum absolute atomic E-state index is 14.5. The molecule has 3 aromatic carbocycles. The molecule has 0 aliphatic rings. The number of hydrogen-bond acceptors (Lipinski definition) is 24. The summed E-state index contributed by atoms with van der Waals surface area (Å²) in [5.74, 6) is -1.38. The third kappa shape index (κ3) is 12.3. The maximum atomic E-state index is 14.5. The van der Waals surface area contributed by atoms with Gasteiger partial charge >= 0.3 is 6.08 Å². The Bertz CT molecular complexity index is 2310. The Kier molecular flexibility index (Phi) is 14.7. The predicted molar refractivity (Wildman–Crippen MR) is 185 cm³/mol. The molecule has 0 aliphatic heterocycles. The zero-order valence-electron chi connectivity index (χ0n) is 26.3. The van der Waals surface area contributed by atoms with Crippen LogP contribution in [-0.2, 0) is 53.0 Å². The van der Waals surface area contributed by atoms with Gasteiger partial charge in [-0.15, -0.1) is 18.9 Å². The summed E-state index contributed by atoms with van der Waals surface area (Å²) in [4.78, 5) is 9.46. The largest absolute Gasteiger partial charge is 0.398 e. The predicted octanol–water partition coefficient (Wildman–Crippen LogP) is 4.20. The van der Waals surface area contributed by atoms with Crippen LogP contribution in [0.4, 0.5) is 50.4 Å². The summed E-state index contributed by atoms with van der Waals surface area (Å²) in [7, 11) is -13.6. The Morgan fingerprint density at radius 3 is 2.02 bits per heavy atom. The molecular formula is C24H24FN9O15S5. The molecular weight excluding hydrogens is 834 g/mol. The smallest absolute Gasteiger partial charge is 0.315 e. The van der Waals surface area contributed by atoms with Gasteiger partial charge in [-0.1, -0.05) is 10.1 Å². The van der Waals surface area contributed by atoms with Gasteiger partial charge in [-0.2, -0.15) is 36.2 Å². The first-order valence-electron chi connectivity index (χ1n) is 13.8. The lowest BCUT2D eigenvalue weighted by Crippen LogP contribution is -2.11. The number of nitrogen functional groups attached to an aromatic ring is 1. The van der Waals surface area contributed by atoms with Gasteiger partial charge in [0.2, 0.25) is 11.9 Å². The van der Waals surface area contributed by atoms with Crippen LogP contribution >= 0.6 is 24.4 Å². The number of sulfone groups is 1. The Morgan fingerprint density at radius 2 is 1.39 bits per heavy atom. The van der Waals surface area contributed by atoms with Crippen molar-refractivity contribution in [3.05, 3.63) is 60.7 Å². The van der Waals surface area contributed by atoms with Gasteiger partial charge in [0, 0.05) is 11.4 Å². The molecule has 0 atom stereocenters. The number of azo groups is 1. The third-order valence-corrected chi connectivity index (χ3v) is 10.5. The molecule has 0 saturated carbocycles. The molecule has 292 valence electrons. The monoisotopic (exact) mass is 857 g/mol. The molecule has 30 heteroatoms. The van der Waals surface area contributed by atoms with E-state index in [1.807, 2.05) is 0 Å². The second-order valence-corrected chi connectivity index (χ2v) is 15.8. The molecule has 1 aromatic heterocycles. The zero-order valence-corrected chi connectivity index (χ0v) is 30.4. The van der Waals surface area contributed by atoms with Crippen molar-refractivity contribution < 1.29 is 72.2 Å². The van der Waals surface area contributed by atoms with E-state index in [-0.39, 0.29) is 58.4 Å². The van der Waals surface area contributed by atoms with Gasteiger partial charge in [-0.25, -0.2) is 18.9 Å². The van der Waals surface area contributed by atoms with Crippen molar-refractivity contribution in [2.45, 2.75) is 14.7 Å². The van der Waals surface area contributed by atoms with Crippen LogP contribution in [0.3, 0.4) is 0 Å². The molecule has 4 aromatic rings. The van der Waals surface area contributed by atoms with Gasteiger partial charge in [0.1, 0.15) is 21.2 Å². The van der Waals surface area contributed by atoms with Crippen LogP contribution in [0.25, 0.3) is 0 Å². The molecule has 0 fully saturated rings. The molecule has 0 radical (unpaired) electrons. The van der Waals surface area contributed by atoms with Crippen LogP contribution in [-0.4, -0.2) is 78.1 Å². The second kappa shape index (κ2) is 18.8. The van der Waals surface area contributed by atoms with E-state index in [9.17, 15) is 38.7 Å². The quantitative estimate of drug-likeness (QED) is 0.00902. The summed E-state index contributed by atoms with van der Waals surface area (Å²) in [6, 6.07) is 10.1. The average molecular weight is 858 g/mol. The lowest BCUT2D eigenvalue weighted by atomic mass is 10.2. The molecule has 0 saturated heterocycles. The molecule has 0 amide bonds. The summed E-state index contributed by atoms with van der Waals surface area (Å²) in [6.45, 7) is -0.309. The Balaban J connectivity index is 1.59. The van der Waals surface area contributed by atoms with Crippen molar-refractivity contribution in [2.24, 2.45) is 10.2 Å². The topological polar surface area (TPSA) is 355 Å². The van der Waals surface area contributed by atoms with Gasteiger partial charge in [0.15, 0.2) is 22.2 Å². The summed E-state index contributed by atoms with van der Waals surface area (Å²) in [5, 5.41) is 38.8. The number of nitrogens with one attached hydrogen (secondary N) is 3. The highest BCUT2D eigenvalue weighted by Crippen LogP contribution is 2.36. The fourth-order valence-corrected chi connectivity index (χ4v) is 6.92. The van der Waals surface area contributed by atoms with Crippen LogP contribution in [0.5, 0.6) is 0 Å². The van der Waals surface area contributed by atoms with E-state index < -0.39 is 69.0 Å². The first-order chi connectivity index (χ1) is 25.5. The van der Waals surface area contributed by atoms with E-state index in [0.717, 1.165) is 30.3 Å². The number of halogens is 1. The number of nitrogens with zero attached hydrogens (tertiary/aromatic N) is 5. The van der Waals surface area contributed by atoms with Crippen molar-refractivity contribution in [1.82, 2.24) is 15.0 Å². The van der Waals surface area contributed by atoms with Gasteiger partial charge in [-0.3, -0.25) is 13.3 Å². The molecule has 0 bridgehead atoms. The van der Waals surface area contributed by atoms with E-state index in [4.69, 9.17) is 20.4 Å². The zero-order chi connectivity index (χ0) is 39.5. The molecule has 1 heterocycles. The van der Waals surface area contributed by atoms with Gasteiger partial charge in [0.25, 0.3) is 20.2 Å². The first-order valence-corrected chi connectivity index (χ1v) is 19.9. The van der Waals surface area contributed by atoms with Crippen LogP contribution in [0.15, 0.2) is 79.5 Å². The standard InChI is InChI=1S/C24H24FN9O15S5/c25-22-30-23(28-13-1-4-15(5-2-13)52(37,38)8-7-45-51-49-47-36)32-24(31-22)29-14-3-6-20(53(39,40)41)19(9-14)34-33-18-11-21(54(42,43)44)16(26)10-17(18)27-12-50-48-46-35/h1-6,9-11,27,35-36H,7-8,12,26H2,(H,39,40,41)(H,42,43,44)(H2,28,29,30,31,32). The van der Waals surface area contributed by atoms with E-state index >= 15 is 0 Å². The first kappa shape index (κ1) is 42.3. The van der Waals surface area contributed by atoms with Crippen LogP contribution in [0.1, 0.15) is 0 Å². The molecule has 9 N–H and O–H groups in total. The molecule has 0 spiro atoms. The number of nitrogens with two attached hydrogens (primary N) is 1. The van der Waals surface area contributed by atoms with Crippen LogP contribution < -0.4 is 21.7 Å². The average Bonchev–Trinajstić information content (AvgIpc) is 3.08. The van der Waals surface area contributed by atoms with E-state index in [1.54, 1.807) is 0 Å². The second-order valence-electron chi connectivity index (χ2n) is 9.70. The highest BCUT2D eigenvalue weighted by Gasteiger charge is 2.20. The molecule has 24 nitrogen and oxygen atoms in total. The van der Waals surface area contributed by atoms with Crippen molar-refractivity contribution in [2.75, 3.05) is 39.9 Å². The number of anilines is 6. The number of hydrogen-bond donors (Lipinski definition) is 8. The fourth-order valence-electron chi connectivity index (χ4n) is 3.98. The van der Waals surface area contributed by atoms with Crippen molar-refractivity contribution in [3.63, 3.8) is 0 Å². The minimum absolute atomic E-state index is 0.0251. The Morgan fingerprint density at radius 1 is 0.778 bits per heavy atom. The van der Waals surface area contributed by atoms with Crippen LogP contribution in [0, 0.1) is 6.08 Å². The minimum atomic E-state index is -4.95.